The molecule has 1 aromatic carbocycles. The monoisotopic (exact) mass is 341 g/mol. The summed E-state index contributed by atoms with van der Waals surface area (Å²) in [5, 5.41) is 2.67. The van der Waals surface area contributed by atoms with Gasteiger partial charge < -0.3 is 5.32 Å². The van der Waals surface area contributed by atoms with Crippen LogP contribution in [0.5, 0.6) is 0 Å². The minimum Gasteiger partial charge on any atom is -0.324 e. The highest BCUT2D eigenvalue weighted by molar-refractivity contribution is 5.90. The maximum Gasteiger partial charge on any atom is 0.224 e. The first kappa shape index (κ1) is 17.5. The van der Waals surface area contributed by atoms with Gasteiger partial charge in [-0.25, -0.2) is 4.39 Å². The van der Waals surface area contributed by atoms with Crippen LogP contribution in [-0.4, -0.2) is 28.9 Å². The van der Waals surface area contributed by atoms with Gasteiger partial charge in [0, 0.05) is 31.9 Å². The molecule has 4 nitrogen and oxygen atoms in total. The molecule has 0 bridgehead atoms. The zero-order chi connectivity index (χ0) is 17.5. The lowest BCUT2D eigenvalue weighted by molar-refractivity contribution is -0.116. The maximum atomic E-state index is 13.6. The smallest absolute Gasteiger partial charge is 0.224 e. The highest BCUT2D eigenvalue weighted by atomic mass is 19.1. The first-order chi connectivity index (χ1) is 12.2. The number of para-hydroxylation sites is 1. The lowest BCUT2D eigenvalue weighted by atomic mass is 9.93. The fraction of sp³-hybridized carbons (Fsp3) is 0.400. The largest absolute Gasteiger partial charge is 0.324 e. The Kier molecular flexibility index (Phi) is 6.12. The number of anilines is 1. The lowest BCUT2D eigenvalue weighted by Crippen LogP contribution is -2.35. The third-order valence-electron chi connectivity index (χ3n) is 4.66. The molecule has 1 fully saturated rings. The molecule has 0 spiro atoms. The van der Waals surface area contributed by atoms with Crippen molar-refractivity contribution >= 4 is 11.6 Å². The zero-order valence-electron chi connectivity index (χ0n) is 14.3. The molecule has 1 aromatic heterocycles. The summed E-state index contributed by atoms with van der Waals surface area (Å²) in [6.07, 6.45) is 7.27. The van der Waals surface area contributed by atoms with Crippen molar-refractivity contribution in [1.29, 1.82) is 0 Å². The molecule has 5 heteroatoms. The Hall–Kier alpha value is -2.27. The molecule has 0 saturated carbocycles. The molecule has 2 heterocycles. The first-order valence-corrected chi connectivity index (χ1v) is 8.86. The van der Waals surface area contributed by atoms with E-state index in [4.69, 9.17) is 0 Å². The minimum absolute atomic E-state index is 0.116. The number of pyridine rings is 1. The molecule has 0 radical (unpaired) electrons. The summed E-state index contributed by atoms with van der Waals surface area (Å²) in [5.74, 6) is 0.00226. The van der Waals surface area contributed by atoms with Crippen LogP contribution in [0, 0.1) is 11.7 Å². The van der Waals surface area contributed by atoms with Crippen LogP contribution in [0.4, 0.5) is 10.1 Å². The van der Waals surface area contributed by atoms with Crippen molar-refractivity contribution in [1.82, 2.24) is 9.88 Å². The Balaban J connectivity index is 1.45. The van der Waals surface area contributed by atoms with Gasteiger partial charge in [0.15, 0.2) is 0 Å². The molecule has 1 aliphatic heterocycles. The van der Waals surface area contributed by atoms with Crippen molar-refractivity contribution in [3.63, 3.8) is 0 Å². The molecule has 3 rings (SSSR count). The lowest BCUT2D eigenvalue weighted by Gasteiger charge is -2.32. The maximum absolute atomic E-state index is 13.6. The molecular weight excluding hydrogens is 317 g/mol. The van der Waals surface area contributed by atoms with E-state index in [1.54, 1.807) is 24.4 Å². The summed E-state index contributed by atoms with van der Waals surface area (Å²) in [5.41, 5.74) is 1.48. The summed E-state index contributed by atoms with van der Waals surface area (Å²) in [6.45, 7) is 3.00. The fourth-order valence-electron chi connectivity index (χ4n) is 3.39. The van der Waals surface area contributed by atoms with E-state index >= 15 is 0 Å². The van der Waals surface area contributed by atoms with E-state index in [-0.39, 0.29) is 11.6 Å². The summed E-state index contributed by atoms with van der Waals surface area (Å²) in [7, 11) is 0. The summed E-state index contributed by atoms with van der Waals surface area (Å²) in [4.78, 5) is 18.7. The normalized spacial score (nSPS) is 18.0. The number of hydrogen-bond donors (Lipinski definition) is 1. The highest BCUT2D eigenvalue weighted by Gasteiger charge is 2.21. The molecular formula is C20H24FN3O. The van der Waals surface area contributed by atoms with Crippen molar-refractivity contribution in [2.24, 2.45) is 5.92 Å². The number of carbonyl (C=O) groups excluding carboxylic acids is 1. The SMILES string of the molecule is O=C(CC[C@H]1CCCN(Cc2cccnc2)C1)Nc1ccccc1F. The van der Waals surface area contributed by atoms with Crippen LogP contribution in [0.1, 0.15) is 31.2 Å². The quantitative estimate of drug-likeness (QED) is 0.868. The number of halogens is 1. The van der Waals surface area contributed by atoms with Gasteiger partial charge in [-0.1, -0.05) is 18.2 Å². The minimum atomic E-state index is -0.392. The summed E-state index contributed by atoms with van der Waals surface area (Å²) in [6, 6.07) is 10.3. The first-order valence-electron chi connectivity index (χ1n) is 8.86. The third kappa shape index (κ3) is 5.36. The average molecular weight is 341 g/mol. The van der Waals surface area contributed by atoms with E-state index in [0.717, 1.165) is 38.9 Å². The predicted molar refractivity (Wildman–Crippen MR) is 96.5 cm³/mol. The van der Waals surface area contributed by atoms with Crippen molar-refractivity contribution in [2.45, 2.75) is 32.2 Å². The molecule has 25 heavy (non-hydrogen) atoms. The van der Waals surface area contributed by atoms with Gasteiger partial charge in [0.1, 0.15) is 5.82 Å². The van der Waals surface area contributed by atoms with Gasteiger partial charge in [0.05, 0.1) is 5.69 Å². The second-order valence-corrected chi connectivity index (χ2v) is 6.67. The van der Waals surface area contributed by atoms with Gasteiger partial charge in [0.25, 0.3) is 0 Å². The number of hydrogen-bond acceptors (Lipinski definition) is 3. The number of nitrogens with one attached hydrogen (secondary N) is 1. The molecule has 1 N–H and O–H groups in total. The number of carbonyl (C=O) groups is 1. The Labute approximate surface area is 148 Å². The van der Waals surface area contributed by atoms with Gasteiger partial charge >= 0.3 is 0 Å². The third-order valence-corrected chi connectivity index (χ3v) is 4.66. The fourth-order valence-corrected chi connectivity index (χ4v) is 3.39. The van der Waals surface area contributed by atoms with Crippen LogP contribution in [0.25, 0.3) is 0 Å². The molecule has 1 aliphatic rings. The van der Waals surface area contributed by atoms with Crippen molar-refractivity contribution in [3.8, 4) is 0 Å². The van der Waals surface area contributed by atoms with E-state index < -0.39 is 5.82 Å². The standard InChI is InChI=1S/C20H24FN3O/c21-18-7-1-2-8-19(18)23-20(25)10-9-16-6-4-12-24(14-16)15-17-5-3-11-22-13-17/h1-3,5,7-8,11,13,16H,4,6,9-10,12,14-15H2,(H,23,25)/t16-/m1/s1. The average Bonchev–Trinajstić information content (AvgIpc) is 2.63. The van der Waals surface area contributed by atoms with Gasteiger partial charge in [-0.3, -0.25) is 14.7 Å². The molecule has 0 aliphatic carbocycles. The second kappa shape index (κ2) is 8.72. The van der Waals surface area contributed by atoms with Gasteiger partial charge in [-0.2, -0.15) is 0 Å². The van der Waals surface area contributed by atoms with Crippen LogP contribution >= 0.6 is 0 Å². The highest BCUT2D eigenvalue weighted by Crippen LogP contribution is 2.23. The van der Waals surface area contributed by atoms with E-state index in [1.807, 2.05) is 12.3 Å². The molecule has 1 atom stereocenters. The second-order valence-electron chi connectivity index (χ2n) is 6.67. The molecule has 1 saturated heterocycles. The Morgan fingerprint density at radius 2 is 2.16 bits per heavy atom. The number of nitrogens with zero attached hydrogens (tertiary/aromatic N) is 2. The number of rotatable bonds is 6. The number of aromatic nitrogens is 1. The predicted octanol–water partition coefficient (Wildman–Crippen LogP) is 3.85. The van der Waals surface area contributed by atoms with E-state index in [1.165, 1.54) is 11.6 Å². The summed E-state index contributed by atoms with van der Waals surface area (Å²) < 4.78 is 13.6. The van der Waals surface area contributed by atoms with Crippen molar-refractivity contribution < 1.29 is 9.18 Å². The van der Waals surface area contributed by atoms with Gasteiger partial charge in [0.2, 0.25) is 5.91 Å². The molecule has 1 amide bonds. The van der Waals surface area contributed by atoms with Crippen LogP contribution in [0.15, 0.2) is 48.8 Å². The Morgan fingerprint density at radius 3 is 2.96 bits per heavy atom. The van der Waals surface area contributed by atoms with Crippen LogP contribution in [0.3, 0.4) is 0 Å². The van der Waals surface area contributed by atoms with Gasteiger partial charge in [-0.15, -0.1) is 0 Å². The van der Waals surface area contributed by atoms with E-state index in [2.05, 4.69) is 21.3 Å². The molecule has 0 unspecified atom stereocenters. The van der Waals surface area contributed by atoms with Crippen LogP contribution in [0.2, 0.25) is 0 Å². The van der Waals surface area contributed by atoms with Crippen LogP contribution < -0.4 is 5.32 Å². The zero-order valence-corrected chi connectivity index (χ0v) is 14.3. The van der Waals surface area contributed by atoms with E-state index in [9.17, 15) is 9.18 Å². The van der Waals surface area contributed by atoms with Crippen molar-refractivity contribution in [3.05, 3.63) is 60.2 Å². The number of likely N-dealkylation sites (tertiary alicyclic amines) is 1. The Morgan fingerprint density at radius 1 is 1.28 bits per heavy atom. The van der Waals surface area contributed by atoms with Gasteiger partial charge in [-0.05, 0) is 55.5 Å². The number of benzene rings is 1. The van der Waals surface area contributed by atoms with Crippen LogP contribution in [-0.2, 0) is 11.3 Å². The summed E-state index contributed by atoms with van der Waals surface area (Å²) >= 11 is 0. The number of piperidine rings is 1. The van der Waals surface area contributed by atoms with Crippen molar-refractivity contribution in [2.75, 3.05) is 18.4 Å². The molecule has 132 valence electrons. The topological polar surface area (TPSA) is 45.2 Å². The molecule has 2 aromatic rings. The number of amides is 1. The van der Waals surface area contributed by atoms with E-state index in [0.29, 0.717) is 12.3 Å². The Bertz CT molecular complexity index is 692.